The first kappa shape index (κ1) is 22.0. The van der Waals surface area contributed by atoms with Crippen molar-refractivity contribution in [2.75, 3.05) is 21.6 Å². The predicted octanol–water partition coefficient (Wildman–Crippen LogP) is 5.82. The van der Waals surface area contributed by atoms with E-state index in [1.807, 2.05) is 18.4 Å². The van der Waals surface area contributed by atoms with E-state index in [4.69, 9.17) is 11.6 Å². The van der Waals surface area contributed by atoms with E-state index in [2.05, 4.69) is 15.4 Å². The molecule has 3 rings (SSSR count). The number of carbonyl (C=O) groups is 1. The molecule has 0 aliphatic carbocycles. The number of sulfonamides is 1. The lowest BCUT2D eigenvalue weighted by atomic mass is 10.2. The third kappa shape index (κ3) is 5.69. The Kier molecular flexibility index (Phi) is 6.91. The summed E-state index contributed by atoms with van der Waals surface area (Å²) >= 11 is 7.45. The zero-order valence-electron chi connectivity index (χ0n) is 16.3. The van der Waals surface area contributed by atoms with Crippen LogP contribution in [0.2, 0.25) is 5.02 Å². The summed E-state index contributed by atoms with van der Waals surface area (Å²) in [5, 5.41) is 5.90. The van der Waals surface area contributed by atoms with Gasteiger partial charge >= 0.3 is 6.03 Å². The molecule has 0 radical (unpaired) electrons. The number of anilines is 3. The van der Waals surface area contributed by atoms with Gasteiger partial charge < -0.3 is 10.6 Å². The fraction of sp³-hybridized carbons (Fsp3) is 0.0952. The molecule has 6 nitrogen and oxygen atoms in total. The number of amides is 2. The van der Waals surface area contributed by atoms with Crippen molar-refractivity contribution in [2.45, 2.75) is 16.7 Å². The third-order valence-corrected chi connectivity index (χ3v) is 6.70. The average Bonchev–Trinajstić information content (AvgIpc) is 2.71. The molecule has 2 amide bonds. The predicted molar refractivity (Wildman–Crippen MR) is 124 cm³/mol. The van der Waals surface area contributed by atoms with Crippen LogP contribution in [0.5, 0.6) is 0 Å². The van der Waals surface area contributed by atoms with Gasteiger partial charge in [0.05, 0.1) is 4.90 Å². The van der Waals surface area contributed by atoms with Gasteiger partial charge in [-0.25, -0.2) is 13.2 Å². The van der Waals surface area contributed by atoms with Gasteiger partial charge in [-0.2, -0.15) is 0 Å². The smallest absolute Gasteiger partial charge is 0.308 e. The molecule has 0 heterocycles. The molecule has 3 N–H and O–H groups in total. The molecule has 0 saturated heterocycles. The van der Waals surface area contributed by atoms with E-state index in [0.717, 1.165) is 4.90 Å². The topological polar surface area (TPSA) is 87.3 Å². The van der Waals surface area contributed by atoms with Crippen molar-refractivity contribution in [3.8, 4) is 0 Å². The second-order valence-electron chi connectivity index (χ2n) is 6.40. The molecule has 0 saturated carbocycles. The monoisotopic (exact) mass is 461 g/mol. The molecule has 0 aliphatic rings. The summed E-state index contributed by atoms with van der Waals surface area (Å²) in [6.45, 7) is 1.69. The third-order valence-electron chi connectivity index (χ3n) is 4.18. The van der Waals surface area contributed by atoms with Gasteiger partial charge in [-0.05, 0) is 79.4 Å². The number of halogens is 1. The molecule has 0 aliphatic heterocycles. The van der Waals surface area contributed by atoms with Gasteiger partial charge in [0.15, 0.2) is 0 Å². The second-order valence-corrected chi connectivity index (χ2v) is 9.37. The Hall–Kier alpha value is -2.68. The molecule has 9 heteroatoms. The quantitative estimate of drug-likeness (QED) is 0.404. The lowest BCUT2D eigenvalue weighted by Gasteiger charge is -2.13. The van der Waals surface area contributed by atoms with Gasteiger partial charge in [0.2, 0.25) is 0 Å². The van der Waals surface area contributed by atoms with Crippen molar-refractivity contribution in [3.63, 3.8) is 0 Å². The van der Waals surface area contributed by atoms with E-state index in [0.29, 0.717) is 27.6 Å². The van der Waals surface area contributed by atoms with E-state index in [1.54, 1.807) is 67.2 Å². The van der Waals surface area contributed by atoms with Gasteiger partial charge in [-0.15, -0.1) is 11.8 Å². The highest BCUT2D eigenvalue weighted by atomic mass is 35.5. The zero-order valence-corrected chi connectivity index (χ0v) is 18.7. The fourth-order valence-electron chi connectivity index (χ4n) is 2.66. The molecule has 0 unspecified atom stereocenters. The molecule has 0 spiro atoms. The summed E-state index contributed by atoms with van der Waals surface area (Å²) in [5.74, 6) is 0. The van der Waals surface area contributed by atoms with Crippen molar-refractivity contribution in [3.05, 3.63) is 77.3 Å². The van der Waals surface area contributed by atoms with Crippen molar-refractivity contribution < 1.29 is 13.2 Å². The van der Waals surface area contributed by atoms with Crippen molar-refractivity contribution in [1.82, 2.24) is 0 Å². The standard InChI is InChI=1S/C21H20ClN3O3S2/c1-14-3-6-18(24-21(26)23-16-9-11-19(29-2)12-10-16)13-20(14)30(27,28)25-17-7-4-15(22)5-8-17/h3-13,25H,1-2H3,(H2,23,24,26). The highest BCUT2D eigenvalue weighted by molar-refractivity contribution is 7.98. The second kappa shape index (κ2) is 9.42. The average molecular weight is 462 g/mol. The minimum atomic E-state index is -3.85. The van der Waals surface area contributed by atoms with Gasteiger partial charge in [0.1, 0.15) is 0 Å². The van der Waals surface area contributed by atoms with Crippen molar-refractivity contribution in [2.24, 2.45) is 0 Å². The molecular formula is C21H20ClN3O3S2. The lowest BCUT2D eigenvalue weighted by molar-refractivity contribution is 0.262. The molecule has 0 aromatic heterocycles. The van der Waals surface area contributed by atoms with Crippen LogP contribution in [0.3, 0.4) is 0 Å². The molecule has 156 valence electrons. The summed E-state index contributed by atoms with van der Waals surface area (Å²) in [6.07, 6.45) is 1.97. The van der Waals surface area contributed by atoms with Crippen LogP contribution in [-0.2, 0) is 10.0 Å². The number of aryl methyl sites for hydroxylation is 1. The van der Waals surface area contributed by atoms with E-state index < -0.39 is 16.1 Å². The highest BCUT2D eigenvalue weighted by Crippen LogP contribution is 2.24. The fourth-order valence-corrected chi connectivity index (χ4v) is 4.53. The van der Waals surface area contributed by atoms with Gasteiger partial charge in [0, 0.05) is 27.0 Å². The SMILES string of the molecule is CSc1ccc(NC(=O)Nc2ccc(C)c(S(=O)(=O)Nc3ccc(Cl)cc3)c2)cc1. The number of thioether (sulfide) groups is 1. The Labute approximate surface area is 185 Å². The summed E-state index contributed by atoms with van der Waals surface area (Å²) in [5.41, 5.74) is 1.93. The maximum absolute atomic E-state index is 12.8. The first-order chi connectivity index (χ1) is 14.3. The van der Waals surface area contributed by atoms with Crippen LogP contribution in [-0.4, -0.2) is 20.7 Å². The maximum atomic E-state index is 12.8. The number of rotatable bonds is 6. The van der Waals surface area contributed by atoms with Crippen LogP contribution < -0.4 is 15.4 Å². The Bertz CT molecular complexity index is 1150. The Balaban J connectivity index is 1.75. The minimum Gasteiger partial charge on any atom is -0.308 e. The molecule has 0 bridgehead atoms. The summed E-state index contributed by atoms with van der Waals surface area (Å²) in [4.78, 5) is 13.5. The molecule has 3 aromatic carbocycles. The summed E-state index contributed by atoms with van der Waals surface area (Å²) in [6, 6.07) is 18.0. The van der Waals surface area contributed by atoms with E-state index >= 15 is 0 Å². The van der Waals surface area contributed by atoms with Crippen LogP contribution in [0.4, 0.5) is 21.9 Å². The van der Waals surface area contributed by atoms with Gasteiger partial charge in [-0.1, -0.05) is 17.7 Å². The highest BCUT2D eigenvalue weighted by Gasteiger charge is 2.18. The molecule has 0 fully saturated rings. The zero-order chi connectivity index (χ0) is 21.7. The number of nitrogens with one attached hydrogen (secondary N) is 3. The van der Waals surface area contributed by atoms with E-state index in [9.17, 15) is 13.2 Å². The van der Waals surface area contributed by atoms with E-state index in [1.165, 1.54) is 6.07 Å². The van der Waals surface area contributed by atoms with Crippen molar-refractivity contribution >= 4 is 56.5 Å². The molecule has 3 aromatic rings. The summed E-state index contributed by atoms with van der Waals surface area (Å²) in [7, 11) is -3.85. The first-order valence-corrected chi connectivity index (χ1v) is 12.0. The Morgan fingerprint density at radius 1 is 0.867 bits per heavy atom. The molecular weight excluding hydrogens is 442 g/mol. The Morgan fingerprint density at radius 2 is 1.43 bits per heavy atom. The Morgan fingerprint density at radius 3 is 2.07 bits per heavy atom. The largest absolute Gasteiger partial charge is 0.323 e. The summed E-state index contributed by atoms with van der Waals surface area (Å²) < 4.78 is 28.2. The van der Waals surface area contributed by atoms with Crippen molar-refractivity contribution in [1.29, 1.82) is 0 Å². The van der Waals surface area contributed by atoms with Crippen LogP contribution in [0.15, 0.2) is 76.5 Å². The number of hydrogen-bond donors (Lipinski definition) is 3. The number of urea groups is 1. The van der Waals surface area contributed by atoms with Gasteiger partial charge in [-0.3, -0.25) is 4.72 Å². The normalized spacial score (nSPS) is 11.0. The van der Waals surface area contributed by atoms with Gasteiger partial charge in [0.25, 0.3) is 10.0 Å². The van der Waals surface area contributed by atoms with Crippen LogP contribution >= 0.6 is 23.4 Å². The van der Waals surface area contributed by atoms with E-state index in [-0.39, 0.29) is 4.90 Å². The van der Waals surface area contributed by atoms with Crippen LogP contribution in [0.1, 0.15) is 5.56 Å². The van der Waals surface area contributed by atoms with Crippen LogP contribution in [0.25, 0.3) is 0 Å². The molecule has 0 atom stereocenters. The number of carbonyl (C=O) groups excluding carboxylic acids is 1. The van der Waals surface area contributed by atoms with Crippen LogP contribution in [0, 0.1) is 6.92 Å². The first-order valence-electron chi connectivity index (χ1n) is 8.88. The maximum Gasteiger partial charge on any atom is 0.323 e. The molecule has 30 heavy (non-hydrogen) atoms. The number of benzene rings is 3. The lowest BCUT2D eigenvalue weighted by Crippen LogP contribution is -2.20. The number of hydrogen-bond acceptors (Lipinski definition) is 4. The minimum absolute atomic E-state index is 0.0690.